The second-order valence-electron chi connectivity index (χ2n) is 6.43. The van der Waals surface area contributed by atoms with Gasteiger partial charge < -0.3 is 5.32 Å². The van der Waals surface area contributed by atoms with Crippen LogP contribution in [0.5, 0.6) is 0 Å². The Labute approximate surface area is 189 Å². The highest BCUT2D eigenvalue weighted by Gasteiger charge is 2.30. The number of hydrogen-bond acceptors (Lipinski definition) is 4. The van der Waals surface area contributed by atoms with Gasteiger partial charge in [-0.1, -0.05) is 46.4 Å². The molecule has 1 heterocycles. The summed E-state index contributed by atoms with van der Waals surface area (Å²) in [5, 5.41) is 3.98. The van der Waals surface area contributed by atoms with Crippen molar-refractivity contribution >= 4 is 68.0 Å². The summed E-state index contributed by atoms with van der Waals surface area (Å²) >= 11 is 23.9. The third kappa shape index (κ3) is 5.55. The minimum absolute atomic E-state index is 0.0199. The summed E-state index contributed by atoms with van der Waals surface area (Å²) < 4.78 is 27.1. The molecule has 0 aliphatic carbocycles. The molecular weight excluding hydrogens is 480 g/mol. The van der Waals surface area contributed by atoms with Gasteiger partial charge in [-0.2, -0.15) is 4.31 Å². The van der Waals surface area contributed by atoms with Gasteiger partial charge in [-0.25, -0.2) is 8.42 Å². The van der Waals surface area contributed by atoms with Crippen molar-refractivity contribution < 1.29 is 13.2 Å². The van der Waals surface area contributed by atoms with Crippen molar-refractivity contribution in [1.82, 2.24) is 9.21 Å². The molecule has 1 saturated heterocycles. The Bertz CT molecular complexity index is 1030. The van der Waals surface area contributed by atoms with Crippen molar-refractivity contribution in [3.05, 3.63) is 56.5 Å². The first kappa shape index (κ1) is 22.6. The Morgan fingerprint density at radius 1 is 0.897 bits per heavy atom. The molecule has 0 spiro atoms. The molecule has 1 aliphatic rings. The number of carbonyl (C=O) groups is 1. The van der Waals surface area contributed by atoms with Crippen molar-refractivity contribution in [3.63, 3.8) is 0 Å². The standard InChI is InChI=1S/C18H17Cl4N3O3S/c19-12-1-3-14(21)16(9-12)23-18(26)11-24-5-7-25(8-6-24)29(27,28)17-10-13(20)2-4-15(17)22/h1-4,9-10H,5-8,11H2,(H,23,26). The number of sulfonamides is 1. The number of anilines is 1. The van der Waals surface area contributed by atoms with Crippen LogP contribution < -0.4 is 5.32 Å². The second kappa shape index (κ2) is 9.39. The van der Waals surface area contributed by atoms with Crippen LogP contribution in [0.25, 0.3) is 0 Å². The molecule has 6 nitrogen and oxygen atoms in total. The lowest BCUT2D eigenvalue weighted by molar-refractivity contribution is -0.117. The van der Waals surface area contributed by atoms with E-state index in [9.17, 15) is 13.2 Å². The quantitative estimate of drug-likeness (QED) is 0.671. The van der Waals surface area contributed by atoms with Gasteiger partial charge in [-0.05, 0) is 36.4 Å². The molecule has 2 aromatic rings. The van der Waals surface area contributed by atoms with Crippen molar-refractivity contribution in [3.8, 4) is 0 Å². The molecule has 0 bridgehead atoms. The first-order valence-electron chi connectivity index (χ1n) is 8.59. The van der Waals surface area contributed by atoms with E-state index in [0.29, 0.717) is 33.8 Å². The van der Waals surface area contributed by atoms with Gasteiger partial charge in [0.1, 0.15) is 4.90 Å². The van der Waals surface area contributed by atoms with Gasteiger partial charge in [-0.15, -0.1) is 0 Å². The lowest BCUT2D eigenvalue weighted by Gasteiger charge is -2.33. The monoisotopic (exact) mass is 495 g/mol. The van der Waals surface area contributed by atoms with E-state index in [-0.39, 0.29) is 35.5 Å². The summed E-state index contributed by atoms with van der Waals surface area (Å²) in [6.45, 7) is 1.36. The number of hydrogen-bond donors (Lipinski definition) is 1. The summed E-state index contributed by atoms with van der Waals surface area (Å²) in [7, 11) is -3.77. The van der Waals surface area contributed by atoms with E-state index in [1.165, 1.54) is 22.5 Å². The average molecular weight is 497 g/mol. The molecule has 0 unspecified atom stereocenters. The molecule has 11 heteroatoms. The van der Waals surface area contributed by atoms with Crippen LogP contribution in [0.4, 0.5) is 5.69 Å². The summed E-state index contributed by atoms with van der Waals surface area (Å²) in [5.41, 5.74) is 0.431. The van der Waals surface area contributed by atoms with E-state index in [2.05, 4.69) is 5.32 Å². The first-order valence-corrected chi connectivity index (χ1v) is 11.5. The fourth-order valence-corrected chi connectivity index (χ4v) is 5.42. The largest absolute Gasteiger partial charge is 0.324 e. The predicted molar refractivity (Wildman–Crippen MR) is 117 cm³/mol. The van der Waals surface area contributed by atoms with Crippen LogP contribution in [0.2, 0.25) is 20.1 Å². The van der Waals surface area contributed by atoms with Gasteiger partial charge in [0, 0.05) is 36.2 Å². The third-order valence-corrected chi connectivity index (χ3v) is 7.59. The normalized spacial score (nSPS) is 16.0. The first-order chi connectivity index (χ1) is 13.7. The maximum atomic E-state index is 12.9. The zero-order chi connectivity index (χ0) is 21.2. The SMILES string of the molecule is O=C(CN1CCN(S(=O)(=O)c2cc(Cl)ccc2Cl)CC1)Nc1cc(Cl)ccc1Cl. The van der Waals surface area contributed by atoms with E-state index in [1.807, 2.05) is 4.90 Å². The van der Waals surface area contributed by atoms with Gasteiger partial charge in [0.25, 0.3) is 0 Å². The number of nitrogens with one attached hydrogen (secondary N) is 1. The predicted octanol–water partition coefficient (Wildman–Crippen LogP) is 4.25. The van der Waals surface area contributed by atoms with Crippen LogP contribution in [-0.4, -0.2) is 56.3 Å². The number of carbonyl (C=O) groups excluding carboxylic acids is 1. The number of benzene rings is 2. The number of halogens is 4. The molecule has 29 heavy (non-hydrogen) atoms. The Hall–Kier alpha value is -1.06. The average Bonchev–Trinajstić information content (AvgIpc) is 2.67. The Kier molecular flexibility index (Phi) is 7.32. The summed E-state index contributed by atoms with van der Waals surface area (Å²) in [4.78, 5) is 14.1. The van der Waals surface area contributed by atoms with Crippen LogP contribution in [0.15, 0.2) is 41.3 Å². The van der Waals surface area contributed by atoms with Crippen molar-refractivity contribution in [2.45, 2.75) is 4.90 Å². The van der Waals surface area contributed by atoms with Crippen molar-refractivity contribution in [1.29, 1.82) is 0 Å². The molecule has 0 atom stereocenters. The molecule has 0 aromatic heterocycles. The van der Waals surface area contributed by atoms with Crippen LogP contribution in [0, 0.1) is 0 Å². The van der Waals surface area contributed by atoms with Crippen LogP contribution >= 0.6 is 46.4 Å². The molecule has 0 saturated carbocycles. The minimum Gasteiger partial charge on any atom is -0.324 e. The molecule has 1 aliphatic heterocycles. The van der Waals surface area contributed by atoms with Crippen LogP contribution in [0.1, 0.15) is 0 Å². The van der Waals surface area contributed by atoms with Gasteiger partial charge in [0.2, 0.25) is 15.9 Å². The Balaban J connectivity index is 1.59. The minimum atomic E-state index is -3.77. The van der Waals surface area contributed by atoms with E-state index in [1.54, 1.807) is 18.2 Å². The zero-order valence-corrected chi connectivity index (χ0v) is 18.9. The lowest BCUT2D eigenvalue weighted by Crippen LogP contribution is -2.50. The summed E-state index contributed by atoms with van der Waals surface area (Å²) in [6, 6.07) is 9.13. The van der Waals surface area contributed by atoms with E-state index < -0.39 is 10.0 Å². The highest BCUT2D eigenvalue weighted by molar-refractivity contribution is 7.89. The lowest BCUT2D eigenvalue weighted by atomic mass is 10.3. The summed E-state index contributed by atoms with van der Waals surface area (Å²) in [6.07, 6.45) is 0. The number of amides is 1. The smallest absolute Gasteiger partial charge is 0.244 e. The molecular formula is C18H17Cl4N3O3S. The van der Waals surface area contributed by atoms with E-state index >= 15 is 0 Å². The highest BCUT2D eigenvalue weighted by atomic mass is 35.5. The molecule has 1 amide bonds. The molecule has 2 aromatic carbocycles. The Morgan fingerprint density at radius 2 is 1.48 bits per heavy atom. The van der Waals surface area contributed by atoms with Crippen LogP contribution in [-0.2, 0) is 14.8 Å². The van der Waals surface area contributed by atoms with Gasteiger partial charge >= 0.3 is 0 Å². The number of piperazine rings is 1. The van der Waals surface area contributed by atoms with E-state index in [0.717, 1.165) is 0 Å². The molecule has 3 rings (SSSR count). The fourth-order valence-electron chi connectivity index (χ4n) is 2.93. The highest BCUT2D eigenvalue weighted by Crippen LogP contribution is 2.28. The number of nitrogens with zero attached hydrogens (tertiary/aromatic N) is 2. The molecule has 0 radical (unpaired) electrons. The van der Waals surface area contributed by atoms with Gasteiger partial charge in [0.05, 0.1) is 22.3 Å². The molecule has 1 fully saturated rings. The van der Waals surface area contributed by atoms with Gasteiger partial charge in [0.15, 0.2) is 0 Å². The van der Waals surface area contributed by atoms with Gasteiger partial charge in [-0.3, -0.25) is 9.69 Å². The second-order valence-corrected chi connectivity index (χ2v) is 10.0. The maximum Gasteiger partial charge on any atom is 0.244 e. The molecule has 1 N–H and O–H groups in total. The third-order valence-electron chi connectivity index (χ3n) is 4.41. The fraction of sp³-hybridized carbons (Fsp3) is 0.278. The van der Waals surface area contributed by atoms with Crippen LogP contribution in [0.3, 0.4) is 0 Å². The number of rotatable bonds is 5. The maximum absolute atomic E-state index is 12.9. The topological polar surface area (TPSA) is 69.7 Å². The van der Waals surface area contributed by atoms with Crippen molar-refractivity contribution in [2.75, 3.05) is 38.0 Å². The van der Waals surface area contributed by atoms with E-state index in [4.69, 9.17) is 46.4 Å². The Morgan fingerprint density at radius 3 is 2.14 bits per heavy atom. The summed E-state index contributed by atoms with van der Waals surface area (Å²) in [5.74, 6) is -0.261. The zero-order valence-electron chi connectivity index (χ0n) is 15.0. The molecule has 156 valence electrons. The van der Waals surface area contributed by atoms with Crippen molar-refractivity contribution in [2.24, 2.45) is 0 Å².